The van der Waals surface area contributed by atoms with E-state index in [-0.39, 0.29) is 19.8 Å². The highest BCUT2D eigenvalue weighted by molar-refractivity contribution is 5.82. The molecule has 0 spiro atoms. The Hall–Kier alpha value is -5.57. The highest BCUT2D eigenvalue weighted by atomic mass is 16.6. The second-order valence-electron chi connectivity index (χ2n) is 6.26. The molecule has 0 aliphatic carbocycles. The molecule has 228 valence electrons. The Bertz CT molecular complexity index is 813. The number of ether oxygens (including phenoxy) is 3. The molecule has 0 radical (unpaired) electrons. The van der Waals surface area contributed by atoms with Crippen LogP contribution in [0, 0.1) is 5.41 Å². The Kier molecular flexibility index (Phi) is 33.9. The predicted molar refractivity (Wildman–Crippen MR) is 144 cm³/mol. The van der Waals surface area contributed by atoms with Crippen LogP contribution in [0.25, 0.3) is 0 Å². The van der Waals surface area contributed by atoms with Crippen LogP contribution in [0.5, 0.6) is 0 Å². The highest BCUT2D eigenvalue weighted by Gasteiger charge is 2.35. The summed E-state index contributed by atoms with van der Waals surface area (Å²) in [4.78, 5) is 70.3. The molecule has 0 saturated carbocycles. The van der Waals surface area contributed by atoms with Gasteiger partial charge in [-0.2, -0.15) is 0 Å². The summed E-state index contributed by atoms with van der Waals surface area (Å²) in [6.07, 6.45) is 6.15. The van der Waals surface area contributed by atoms with Crippen molar-refractivity contribution >= 4 is 41.8 Å². The molecule has 0 fully saturated rings. The maximum absolute atomic E-state index is 11.1. The van der Waals surface area contributed by atoms with Crippen LogP contribution in [0.2, 0.25) is 0 Å². The van der Waals surface area contributed by atoms with E-state index in [9.17, 15) is 38.7 Å². The fourth-order valence-electron chi connectivity index (χ4n) is 1.11. The van der Waals surface area contributed by atoms with E-state index < -0.39 is 53.8 Å². The van der Waals surface area contributed by atoms with Gasteiger partial charge in [-0.25, -0.2) is 33.6 Å². The molecule has 0 saturated heterocycles. The first-order valence-corrected chi connectivity index (χ1v) is 10.4. The maximum atomic E-state index is 11.1. The van der Waals surface area contributed by atoms with E-state index in [4.69, 9.17) is 34.6 Å². The van der Waals surface area contributed by atoms with Gasteiger partial charge in [0.25, 0.3) is 0 Å². The number of aliphatic carboxylic acids is 4. The maximum Gasteiger partial charge on any atom is 0.330 e. The molecule has 0 bridgehead atoms. The van der Waals surface area contributed by atoms with E-state index in [1.165, 1.54) is 0 Å². The number of carbonyl (C=O) groups excluding carboxylic acids is 3. The van der Waals surface area contributed by atoms with Crippen molar-refractivity contribution in [2.45, 2.75) is 0 Å². The topological polar surface area (TPSA) is 248 Å². The minimum Gasteiger partial charge on any atom is -0.478 e. The van der Waals surface area contributed by atoms with Crippen molar-refractivity contribution in [2.24, 2.45) is 5.41 Å². The largest absolute Gasteiger partial charge is 0.478 e. The Morgan fingerprint density at radius 3 is 0.732 bits per heavy atom. The third-order valence-electron chi connectivity index (χ3n) is 3.10. The van der Waals surface area contributed by atoms with Crippen LogP contribution >= 0.6 is 0 Å². The minimum atomic E-state index is -1.28. The Labute approximate surface area is 236 Å². The number of esters is 3. The molecule has 0 amide bonds. The molecule has 41 heavy (non-hydrogen) atoms. The summed E-state index contributed by atoms with van der Waals surface area (Å²) in [7, 11) is 0. The lowest BCUT2D eigenvalue weighted by Crippen LogP contribution is -2.42. The van der Waals surface area contributed by atoms with Crippen molar-refractivity contribution in [1.29, 1.82) is 0 Å². The van der Waals surface area contributed by atoms with E-state index in [0.717, 1.165) is 42.5 Å². The Morgan fingerprint density at radius 1 is 0.463 bits per heavy atom. The molecule has 5 N–H and O–H groups in total. The van der Waals surface area contributed by atoms with E-state index >= 15 is 0 Å². The number of carbonyl (C=O) groups is 7. The van der Waals surface area contributed by atoms with Crippen LogP contribution in [0.4, 0.5) is 0 Å². The van der Waals surface area contributed by atoms with Crippen LogP contribution < -0.4 is 0 Å². The monoisotopic (exact) mass is 586 g/mol. The molecular formula is C26H34O15. The number of aliphatic hydroxyl groups excluding tert-OH is 1. The Morgan fingerprint density at radius 2 is 0.634 bits per heavy atom. The smallest absolute Gasteiger partial charge is 0.330 e. The average Bonchev–Trinajstić information content (AvgIpc) is 2.97. The first-order chi connectivity index (χ1) is 19.0. The fourth-order valence-corrected chi connectivity index (χ4v) is 1.11. The standard InChI is InChI=1S/C14H18O7.4C3H4O2/c1-4-11(16)19-8-14(7-15,9-20-12(17)5-2)10-21-13(18)6-3;4*1-2-3(4)5/h4-6,15H,1-3,7-10H2;4*2H,1H2,(H,4,5). The van der Waals surface area contributed by atoms with E-state index in [1.54, 1.807) is 0 Å². The molecule has 0 atom stereocenters. The quantitative estimate of drug-likeness (QED) is 0.109. The molecular weight excluding hydrogens is 552 g/mol. The van der Waals surface area contributed by atoms with Crippen molar-refractivity contribution in [3.8, 4) is 0 Å². The van der Waals surface area contributed by atoms with Crippen molar-refractivity contribution in [1.82, 2.24) is 0 Å². The fraction of sp³-hybridized carbons (Fsp3) is 0.192. The summed E-state index contributed by atoms with van der Waals surface area (Å²) in [5, 5.41) is 39.9. The van der Waals surface area contributed by atoms with Crippen molar-refractivity contribution < 1.29 is 73.3 Å². The first kappa shape index (κ1) is 45.4. The third kappa shape index (κ3) is 41.8. The predicted octanol–water partition coefficient (Wildman–Crippen LogP) is 1.18. The molecule has 15 nitrogen and oxygen atoms in total. The molecule has 0 unspecified atom stereocenters. The lowest BCUT2D eigenvalue weighted by molar-refractivity contribution is -0.159. The van der Waals surface area contributed by atoms with Gasteiger partial charge in [0.15, 0.2) is 0 Å². The van der Waals surface area contributed by atoms with E-state index in [1.807, 2.05) is 0 Å². The van der Waals surface area contributed by atoms with Crippen LogP contribution in [0.15, 0.2) is 88.6 Å². The summed E-state index contributed by atoms with van der Waals surface area (Å²) >= 11 is 0. The molecule has 0 aliphatic heterocycles. The summed E-state index contributed by atoms with van der Waals surface area (Å²) in [5.41, 5.74) is -1.28. The Balaban J connectivity index is -0.000000173. The number of hydrogen-bond donors (Lipinski definition) is 5. The van der Waals surface area contributed by atoms with Gasteiger partial charge in [0.1, 0.15) is 19.8 Å². The summed E-state index contributed by atoms with van der Waals surface area (Å²) in [6.45, 7) is 20.0. The van der Waals surface area contributed by atoms with E-state index in [0.29, 0.717) is 0 Å². The lowest BCUT2D eigenvalue weighted by Gasteiger charge is -2.29. The van der Waals surface area contributed by atoms with Gasteiger partial charge in [-0.05, 0) is 0 Å². The number of hydrogen-bond acceptors (Lipinski definition) is 11. The normalized spacial score (nSPS) is 8.32. The molecule has 0 aromatic carbocycles. The van der Waals surface area contributed by atoms with E-state index in [2.05, 4.69) is 46.1 Å². The van der Waals surface area contributed by atoms with Gasteiger partial charge in [-0.15, -0.1) is 0 Å². The van der Waals surface area contributed by atoms with Crippen molar-refractivity contribution in [3.05, 3.63) is 88.6 Å². The van der Waals surface area contributed by atoms with Crippen LogP contribution in [0.3, 0.4) is 0 Å². The summed E-state index contributed by atoms with van der Waals surface area (Å²) in [6, 6.07) is 0. The number of rotatable bonds is 14. The van der Waals surface area contributed by atoms with Gasteiger partial charge in [-0.3, -0.25) is 0 Å². The number of carboxylic acids is 4. The van der Waals surface area contributed by atoms with Gasteiger partial charge >= 0.3 is 41.8 Å². The average molecular weight is 587 g/mol. The number of carboxylic acid groups (broad SMARTS) is 4. The van der Waals surface area contributed by atoms with Crippen LogP contribution in [0.1, 0.15) is 0 Å². The van der Waals surface area contributed by atoms with Crippen LogP contribution in [-0.2, 0) is 47.8 Å². The molecule has 15 heteroatoms. The van der Waals surface area contributed by atoms with Crippen molar-refractivity contribution in [2.75, 3.05) is 26.4 Å². The van der Waals surface area contributed by atoms with Gasteiger partial charge in [-0.1, -0.05) is 46.1 Å². The van der Waals surface area contributed by atoms with Crippen LogP contribution in [-0.4, -0.2) is 93.7 Å². The lowest BCUT2D eigenvalue weighted by atomic mass is 9.92. The zero-order valence-corrected chi connectivity index (χ0v) is 22.1. The zero-order valence-electron chi connectivity index (χ0n) is 22.1. The highest BCUT2D eigenvalue weighted by Crippen LogP contribution is 2.19. The summed E-state index contributed by atoms with van der Waals surface area (Å²) in [5.74, 6) is -6.10. The second kappa shape index (κ2) is 30.7. The van der Waals surface area contributed by atoms with Gasteiger partial charge in [0.05, 0.1) is 12.0 Å². The SMILES string of the molecule is C=CC(=O)O.C=CC(=O)O.C=CC(=O)O.C=CC(=O)O.C=CC(=O)OCC(CO)(COC(=O)C=C)COC(=O)C=C. The van der Waals surface area contributed by atoms with Gasteiger partial charge < -0.3 is 39.7 Å². The number of aliphatic hydroxyl groups is 1. The van der Waals surface area contributed by atoms with Gasteiger partial charge in [0, 0.05) is 42.5 Å². The van der Waals surface area contributed by atoms with Gasteiger partial charge in [0.2, 0.25) is 0 Å². The first-order valence-electron chi connectivity index (χ1n) is 10.4. The molecule has 0 aromatic rings. The van der Waals surface area contributed by atoms with Crippen molar-refractivity contribution in [3.63, 3.8) is 0 Å². The second-order valence-corrected chi connectivity index (χ2v) is 6.26. The molecule has 0 heterocycles. The zero-order chi connectivity index (χ0) is 33.4. The summed E-state index contributed by atoms with van der Waals surface area (Å²) < 4.78 is 14.5. The molecule has 0 aliphatic rings. The molecule has 0 rings (SSSR count). The third-order valence-corrected chi connectivity index (χ3v) is 3.10. The molecule has 0 aromatic heterocycles. The minimum absolute atomic E-state index is 0.330.